The SMILES string of the molecule is CC.CC(C)(C)OC(=O)N1CCC(NC(=O)c2[nH]ncc2NC(=O)c2c(Cl)cccc2Cl)CC1. The molecular formula is C23H31Cl2N5O4. The van der Waals surface area contributed by atoms with E-state index in [4.69, 9.17) is 27.9 Å². The maximum atomic E-state index is 12.8. The van der Waals surface area contributed by atoms with E-state index in [0.717, 1.165) is 0 Å². The first-order valence-corrected chi connectivity index (χ1v) is 11.9. The third-order valence-electron chi connectivity index (χ3n) is 4.79. The first-order valence-electron chi connectivity index (χ1n) is 11.1. The molecule has 2 heterocycles. The number of amides is 3. The number of aromatic amines is 1. The average molecular weight is 512 g/mol. The minimum atomic E-state index is -0.558. The van der Waals surface area contributed by atoms with E-state index >= 15 is 0 Å². The summed E-state index contributed by atoms with van der Waals surface area (Å²) in [4.78, 5) is 39.2. The lowest BCUT2D eigenvalue weighted by Crippen LogP contribution is -2.47. The number of hydrogen-bond donors (Lipinski definition) is 3. The van der Waals surface area contributed by atoms with Crippen LogP contribution in [0.3, 0.4) is 0 Å². The molecule has 34 heavy (non-hydrogen) atoms. The average Bonchev–Trinajstić information content (AvgIpc) is 3.22. The number of halogens is 2. The molecule has 1 saturated heterocycles. The molecule has 0 unspecified atom stereocenters. The summed E-state index contributed by atoms with van der Waals surface area (Å²) in [7, 11) is 0. The molecule has 0 bridgehead atoms. The van der Waals surface area contributed by atoms with Gasteiger partial charge in [0.25, 0.3) is 11.8 Å². The number of anilines is 1. The number of nitrogens with one attached hydrogen (secondary N) is 3. The highest BCUT2D eigenvalue weighted by Gasteiger charge is 2.28. The standard InChI is InChI=1S/C21H25Cl2N5O4.C2H6/c1-21(2,3)32-20(31)28-9-7-12(8-10-28)25-19(30)17-15(11-24-27-17)26-18(29)16-13(22)5-4-6-14(16)23;1-2/h4-6,11-12H,7-10H2,1-3H3,(H,24,27)(H,25,30)(H,26,29);1-2H3. The maximum absolute atomic E-state index is 12.8. The van der Waals surface area contributed by atoms with E-state index in [-0.39, 0.29) is 39.1 Å². The zero-order chi connectivity index (χ0) is 25.5. The second-order valence-electron chi connectivity index (χ2n) is 8.42. The highest BCUT2D eigenvalue weighted by atomic mass is 35.5. The van der Waals surface area contributed by atoms with Crippen LogP contribution in [0.5, 0.6) is 0 Å². The van der Waals surface area contributed by atoms with Crippen molar-refractivity contribution in [3.05, 3.63) is 45.7 Å². The van der Waals surface area contributed by atoms with E-state index in [1.165, 1.54) is 6.20 Å². The van der Waals surface area contributed by atoms with Crippen LogP contribution in [-0.4, -0.2) is 57.7 Å². The van der Waals surface area contributed by atoms with Crippen LogP contribution < -0.4 is 10.6 Å². The van der Waals surface area contributed by atoms with Gasteiger partial charge in [0, 0.05) is 19.1 Å². The van der Waals surface area contributed by atoms with Gasteiger partial charge in [0.1, 0.15) is 11.3 Å². The summed E-state index contributed by atoms with van der Waals surface area (Å²) in [5.41, 5.74) is -0.138. The molecule has 0 radical (unpaired) electrons. The molecule has 0 atom stereocenters. The summed E-state index contributed by atoms with van der Waals surface area (Å²) in [5.74, 6) is -0.972. The van der Waals surface area contributed by atoms with Crippen molar-refractivity contribution in [2.45, 2.75) is 59.1 Å². The Hall–Kier alpha value is -2.78. The second-order valence-corrected chi connectivity index (χ2v) is 9.24. The summed E-state index contributed by atoms with van der Waals surface area (Å²) in [5, 5.41) is 12.4. The van der Waals surface area contributed by atoms with Gasteiger partial charge in [-0.05, 0) is 45.7 Å². The lowest BCUT2D eigenvalue weighted by molar-refractivity contribution is 0.0199. The Morgan fingerprint density at radius 3 is 2.24 bits per heavy atom. The zero-order valence-electron chi connectivity index (χ0n) is 20.0. The van der Waals surface area contributed by atoms with Crippen LogP contribution in [0.4, 0.5) is 10.5 Å². The second kappa shape index (κ2) is 12.1. The van der Waals surface area contributed by atoms with Crippen molar-refractivity contribution in [2.24, 2.45) is 0 Å². The Balaban J connectivity index is 0.00000199. The van der Waals surface area contributed by atoms with E-state index in [0.29, 0.717) is 25.9 Å². The van der Waals surface area contributed by atoms with Crippen LogP contribution in [0.2, 0.25) is 10.0 Å². The molecule has 0 spiro atoms. The normalized spacial score (nSPS) is 14.0. The van der Waals surface area contributed by atoms with Crippen LogP contribution in [-0.2, 0) is 4.74 Å². The first-order chi connectivity index (χ1) is 16.0. The van der Waals surface area contributed by atoms with Crippen molar-refractivity contribution < 1.29 is 19.1 Å². The number of piperidine rings is 1. The number of ether oxygens (including phenoxy) is 1. The predicted molar refractivity (Wildman–Crippen MR) is 133 cm³/mol. The van der Waals surface area contributed by atoms with E-state index in [9.17, 15) is 14.4 Å². The number of benzene rings is 1. The van der Waals surface area contributed by atoms with Gasteiger partial charge in [-0.1, -0.05) is 43.1 Å². The van der Waals surface area contributed by atoms with Crippen molar-refractivity contribution in [2.75, 3.05) is 18.4 Å². The van der Waals surface area contributed by atoms with Crippen molar-refractivity contribution in [3.63, 3.8) is 0 Å². The highest BCUT2D eigenvalue weighted by Crippen LogP contribution is 2.26. The summed E-state index contributed by atoms with van der Waals surface area (Å²) >= 11 is 12.2. The quantitative estimate of drug-likeness (QED) is 0.526. The van der Waals surface area contributed by atoms with Gasteiger partial charge < -0.3 is 20.3 Å². The summed E-state index contributed by atoms with van der Waals surface area (Å²) in [6.45, 7) is 10.4. The Labute approximate surface area is 209 Å². The fourth-order valence-electron chi connectivity index (χ4n) is 3.24. The maximum Gasteiger partial charge on any atom is 0.410 e. The van der Waals surface area contributed by atoms with Gasteiger partial charge in [-0.25, -0.2) is 4.79 Å². The van der Waals surface area contributed by atoms with Gasteiger partial charge in [-0.3, -0.25) is 14.7 Å². The molecule has 2 aromatic rings. The molecule has 1 aliphatic rings. The summed E-state index contributed by atoms with van der Waals surface area (Å²) in [6, 6.07) is 4.60. The molecule has 1 aromatic carbocycles. The number of hydrogen-bond acceptors (Lipinski definition) is 5. The molecule has 11 heteroatoms. The smallest absolute Gasteiger partial charge is 0.410 e. The summed E-state index contributed by atoms with van der Waals surface area (Å²) in [6.07, 6.45) is 2.13. The van der Waals surface area contributed by atoms with E-state index in [1.54, 1.807) is 23.1 Å². The van der Waals surface area contributed by atoms with Crippen LogP contribution >= 0.6 is 23.2 Å². The van der Waals surface area contributed by atoms with Crippen LogP contribution in [0, 0.1) is 0 Å². The monoisotopic (exact) mass is 511 g/mol. The Kier molecular flexibility index (Phi) is 9.76. The fraction of sp³-hybridized carbons (Fsp3) is 0.478. The minimum Gasteiger partial charge on any atom is -0.444 e. The number of carbonyl (C=O) groups is 3. The number of H-pyrrole nitrogens is 1. The number of likely N-dealkylation sites (tertiary alicyclic amines) is 1. The lowest BCUT2D eigenvalue weighted by atomic mass is 10.1. The molecular weight excluding hydrogens is 481 g/mol. The molecule has 3 N–H and O–H groups in total. The molecule has 1 fully saturated rings. The van der Waals surface area contributed by atoms with Gasteiger partial charge in [0.15, 0.2) is 0 Å². The topological polar surface area (TPSA) is 116 Å². The molecule has 1 aromatic heterocycles. The largest absolute Gasteiger partial charge is 0.444 e. The Bertz CT molecular complexity index is 991. The van der Waals surface area contributed by atoms with Gasteiger partial charge in [-0.2, -0.15) is 5.10 Å². The van der Waals surface area contributed by atoms with Crippen molar-refractivity contribution >= 4 is 46.8 Å². The van der Waals surface area contributed by atoms with Crippen LogP contribution in [0.15, 0.2) is 24.4 Å². The molecule has 186 valence electrons. The summed E-state index contributed by atoms with van der Waals surface area (Å²) < 4.78 is 5.39. The molecule has 9 nitrogen and oxygen atoms in total. The molecule has 3 amide bonds. The van der Waals surface area contributed by atoms with Crippen LogP contribution in [0.1, 0.15) is 68.3 Å². The number of rotatable bonds is 4. The predicted octanol–water partition coefficient (Wildman–Crippen LogP) is 5.12. The van der Waals surface area contributed by atoms with Gasteiger partial charge in [0.05, 0.1) is 27.5 Å². The zero-order valence-corrected chi connectivity index (χ0v) is 21.5. The van der Waals surface area contributed by atoms with Crippen molar-refractivity contribution in [3.8, 4) is 0 Å². The minimum absolute atomic E-state index is 0.107. The van der Waals surface area contributed by atoms with Crippen molar-refractivity contribution in [1.29, 1.82) is 0 Å². The third kappa shape index (κ3) is 7.36. The van der Waals surface area contributed by atoms with E-state index in [2.05, 4.69) is 20.8 Å². The van der Waals surface area contributed by atoms with Gasteiger partial charge >= 0.3 is 6.09 Å². The fourth-order valence-corrected chi connectivity index (χ4v) is 3.81. The number of nitrogens with zero attached hydrogens (tertiary/aromatic N) is 2. The molecule has 0 saturated carbocycles. The number of carbonyl (C=O) groups excluding carboxylic acids is 3. The highest BCUT2D eigenvalue weighted by molar-refractivity contribution is 6.40. The van der Waals surface area contributed by atoms with Crippen LogP contribution in [0.25, 0.3) is 0 Å². The number of aromatic nitrogens is 2. The van der Waals surface area contributed by atoms with E-state index < -0.39 is 17.4 Å². The Morgan fingerprint density at radius 2 is 1.68 bits per heavy atom. The molecule has 3 rings (SSSR count). The Morgan fingerprint density at radius 1 is 1.09 bits per heavy atom. The van der Waals surface area contributed by atoms with E-state index in [1.807, 2.05) is 34.6 Å². The van der Waals surface area contributed by atoms with Crippen molar-refractivity contribution in [1.82, 2.24) is 20.4 Å². The lowest BCUT2D eigenvalue weighted by Gasteiger charge is -2.33. The van der Waals surface area contributed by atoms with Gasteiger partial charge in [-0.15, -0.1) is 0 Å². The van der Waals surface area contributed by atoms with Gasteiger partial charge in [0.2, 0.25) is 0 Å². The first kappa shape index (κ1) is 27.5. The molecule has 0 aliphatic carbocycles. The third-order valence-corrected chi connectivity index (χ3v) is 5.42. The molecule has 1 aliphatic heterocycles.